The number of aromatic nitrogens is 2. The summed E-state index contributed by atoms with van der Waals surface area (Å²) in [6, 6.07) is 13.3. The van der Waals surface area contributed by atoms with Crippen LogP contribution < -0.4 is 4.74 Å². The molecule has 1 aliphatic rings. The van der Waals surface area contributed by atoms with Crippen molar-refractivity contribution in [3.8, 4) is 5.75 Å². The summed E-state index contributed by atoms with van der Waals surface area (Å²) in [6.45, 7) is 0. The Bertz CT molecular complexity index is 973. The van der Waals surface area contributed by atoms with Crippen LogP contribution in [0.1, 0.15) is 5.56 Å². The van der Waals surface area contributed by atoms with Gasteiger partial charge in [0, 0.05) is 30.4 Å². The molecule has 0 radical (unpaired) electrons. The highest BCUT2D eigenvalue weighted by atomic mass is 16.5. The van der Waals surface area contributed by atoms with E-state index in [1.165, 1.54) is 4.90 Å². The lowest BCUT2D eigenvalue weighted by atomic mass is 10.2. The molecule has 0 atom stereocenters. The first-order valence-electron chi connectivity index (χ1n) is 7.46. The summed E-state index contributed by atoms with van der Waals surface area (Å²) < 4.78 is 5.69. The number of pyridine rings is 1. The number of nitrogens with one attached hydrogen (secondary N) is 1. The summed E-state index contributed by atoms with van der Waals surface area (Å²) in [4.78, 5) is 25.4. The van der Waals surface area contributed by atoms with Crippen LogP contribution >= 0.6 is 0 Å². The van der Waals surface area contributed by atoms with Crippen LogP contribution in [-0.2, 0) is 4.79 Å². The standard InChI is InChI=1S/C18H14N4O2/c1-22-17(23)15(21-18(22)24-13-6-3-2-4-7-13)10-12-11-20-16-14(12)8-5-9-19-16/h2-11H,1H3,(H,19,20)/b15-10-. The first-order chi connectivity index (χ1) is 11.7. The normalized spacial score (nSPS) is 16.0. The van der Waals surface area contributed by atoms with Gasteiger partial charge in [-0.15, -0.1) is 0 Å². The lowest BCUT2D eigenvalue weighted by Crippen LogP contribution is -2.31. The number of aliphatic imine (C=N–C) groups is 1. The predicted molar refractivity (Wildman–Crippen MR) is 91.3 cm³/mol. The summed E-state index contributed by atoms with van der Waals surface area (Å²) in [5, 5.41) is 0.938. The monoisotopic (exact) mass is 318 g/mol. The van der Waals surface area contributed by atoms with Crippen LogP contribution in [0.4, 0.5) is 0 Å². The van der Waals surface area contributed by atoms with E-state index in [0.29, 0.717) is 11.4 Å². The van der Waals surface area contributed by atoms with Crippen molar-refractivity contribution in [2.75, 3.05) is 7.05 Å². The third kappa shape index (κ3) is 2.44. The van der Waals surface area contributed by atoms with E-state index >= 15 is 0 Å². The fraction of sp³-hybridized carbons (Fsp3) is 0.0556. The molecule has 3 heterocycles. The zero-order valence-corrected chi connectivity index (χ0v) is 12.9. The van der Waals surface area contributed by atoms with E-state index in [-0.39, 0.29) is 11.9 Å². The van der Waals surface area contributed by atoms with Gasteiger partial charge in [-0.2, -0.15) is 4.99 Å². The zero-order chi connectivity index (χ0) is 16.5. The number of fused-ring (bicyclic) bond motifs is 1. The van der Waals surface area contributed by atoms with Crippen LogP contribution in [0.2, 0.25) is 0 Å². The van der Waals surface area contributed by atoms with Crippen LogP contribution in [0, 0.1) is 0 Å². The van der Waals surface area contributed by atoms with E-state index in [0.717, 1.165) is 16.6 Å². The minimum atomic E-state index is -0.209. The number of carbonyl (C=O) groups excluding carboxylic acids is 1. The Morgan fingerprint density at radius 3 is 2.83 bits per heavy atom. The van der Waals surface area contributed by atoms with Crippen molar-refractivity contribution in [3.63, 3.8) is 0 Å². The molecule has 1 amide bonds. The first-order valence-corrected chi connectivity index (χ1v) is 7.46. The number of aromatic amines is 1. The van der Waals surface area contributed by atoms with Gasteiger partial charge >= 0.3 is 6.02 Å². The zero-order valence-electron chi connectivity index (χ0n) is 12.9. The van der Waals surface area contributed by atoms with E-state index in [4.69, 9.17) is 4.74 Å². The van der Waals surface area contributed by atoms with Gasteiger partial charge in [0.25, 0.3) is 5.91 Å². The highest BCUT2D eigenvalue weighted by Crippen LogP contribution is 2.23. The van der Waals surface area contributed by atoms with Crippen molar-refractivity contribution in [1.82, 2.24) is 14.9 Å². The molecule has 2 aromatic heterocycles. The average Bonchev–Trinajstić information content (AvgIpc) is 3.13. The molecule has 1 aromatic carbocycles. The molecule has 24 heavy (non-hydrogen) atoms. The largest absolute Gasteiger partial charge is 0.425 e. The third-order valence-corrected chi connectivity index (χ3v) is 3.75. The van der Waals surface area contributed by atoms with Gasteiger partial charge in [-0.05, 0) is 30.3 Å². The smallest absolute Gasteiger partial charge is 0.305 e. The summed E-state index contributed by atoms with van der Waals surface area (Å²) in [7, 11) is 1.64. The lowest BCUT2D eigenvalue weighted by Gasteiger charge is -2.11. The van der Waals surface area contributed by atoms with Gasteiger partial charge in [-0.1, -0.05) is 18.2 Å². The number of amides is 1. The van der Waals surface area contributed by atoms with Crippen molar-refractivity contribution in [2.45, 2.75) is 0 Å². The highest BCUT2D eigenvalue weighted by Gasteiger charge is 2.29. The number of amidine groups is 1. The molecule has 0 saturated carbocycles. The van der Waals surface area contributed by atoms with Crippen molar-refractivity contribution in [1.29, 1.82) is 0 Å². The molecular formula is C18H14N4O2. The van der Waals surface area contributed by atoms with E-state index < -0.39 is 0 Å². The Morgan fingerprint density at radius 2 is 2.00 bits per heavy atom. The Labute approximate surface area is 138 Å². The molecular weight excluding hydrogens is 304 g/mol. The van der Waals surface area contributed by atoms with Crippen LogP contribution in [0.25, 0.3) is 17.1 Å². The fourth-order valence-electron chi connectivity index (χ4n) is 2.51. The van der Waals surface area contributed by atoms with Gasteiger partial charge in [-0.3, -0.25) is 9.69 Å². The minimum absolute atomic E-state index is 0.209. The molecule has 0 fully saturated rings. The number of hydrogen-bond acceptors (Lipinski definition) is 4. The second-order valence-electron chi connectivity index (χ2n) is 5.35. The van der Waals surface area contributed by atoms with Gasteiger partial charge in [0.05, 0.1) is 0 Å². The number of nitrogens with zero attached hydrogens (tertiary/aromatic N) is 3. The number of hydrogen-bond donors (Lipinski definition) is 1. The van der Waals surface area contributed by atoms with Crippen molar-refractivity contribution < 1.29 is 9.53 Å². The summed E-state index contributed by atoms with van der Waals surface area (Å²) in [5.74, 6) is 0.424. The number of ether oxygens (including phenoxy) is 1. The SMILES string of the molecule is CN1C(=O)/C(=C/c2c[nH]c3ncccc23)N=C1Oc1ccccc1. The molecule has 118 valence electrons. The quantitative estimate of drug-likeness (QED) is 0.739. The molecule has 1 N–H and O–H groups in total. The maximum Gasteiger partial charge on any atom is 0.305 e. The maximum atomic E-state index is 12.4. The van der Waals surface area contributed by atoms with E-state index in [1.54, 1.807) is 19.3 Å². The Morgan fingerprint density at radius 1 is 1.17 bits per heavy atom. The Hall–Kier alpha value is -3.41. The maximum absolute atomic E-state index is 12.4. The van der Waals surface area contributed by atoms with Gasteiger partial charge in [0.2, 0.25) is 0 Å². The number of rotatable bonds is 2. The van der Waals surface area contributed by atoms with Crippen molar-refractivity contribution in [3.05, 3.63) is 66.1 Å². The first kappa shape index (κ1) is 14.2. The van der Waals surface area contributed by atoms with Gasteiger partial charge < -0.3 is 9.72 Å². The molecule has 6 heteroatoms. The molecule has 0 aliphatic carbocycles. The molecule has 1 aliphatic heterocycles. The number of benzene rings is 1. The molecule has 0 spiro atoms. The van der Waals surface area contributed by atoms with E-state index in [1.807, 2.05) is 48.7 Å². The lowest BCUT2D eigenvalue weighted by molar-refractivity contribution is -0.122. The second-order valence-corrected chi connectivity index (χ2v) is 5.35. The molecule has 6 nitrogen and oxygen atoms in total. The fourth-order valence-corrected chi connectivity index (χ4v) is 2.51. The summed E-state index contributed by atoms with van der Waals surface area (Å²) >= 11 is 0. The van der Waals surface area contributed by atoms with Crippen LogP contribution in [-0.4, -0.2) is 33.8 Å². The molecule has 0 saturated heterocycles. The topological polar surface area (TPSA) is 70.6 Å². The van der Waals surface area contributed by atoms with Crippen LogP contribution in [0.15, 0.2) is 65.5 Å². The van der Waals surface area contributed by atoms with Crippen LogP contribution in [0.5, 0.6) is 5.75 Å². The van der Waals surface area contributed by atoms with E-state index in [2.05, 4.69) is 15.0 Å². The Balaban J connectivity index is 1.69. The number of likely N-dealkylation sites (N-methyl/N-ethyl adjacent to an activating group) is 1. The highest BCUT2D eigenvalue weighted by molar-refractivity contribution is 6.13. The number of H-pyrrole nitrogens is 1. The number of para-hydroxylation sites is 1. The number of carbonyl (C=O) groups is 1. The molecule has 3 aromatic rings. The molecule has 4 rings (SSSR count). The minimum Gasteiger partial charge on any atom is -0.425 e. The average molecular weight is 318 g/mol. The van der Waals surface area contributed by atoms with Gasteiger partial charge in [0.15, 0.2) is 0 Å². The van der Waals surface area contributed by atoms with Crippen LogP contribution in [0.3, 0.4) is 0 Å². The van der Waals surface area contributed by atoms with Gasteiger partial charge in [-0.25, -0.2) is 4.98 Å². The van der Waals surface area contributed by atoms with Gasteiger partial charge in [0.1, 0.15) is 17.1 Å². The summed E-state index contributed by atoms with van der Waals surface area (Å²) in [6.07, 6.45) is 5.26. The summed E-state index contributed by atoms with van der Waals surface area (Å²) in [5.41, 5.74) is 1.96. The Kier molecular flexibility index (Phi) is 3.35. The second kappa shape index (κ2) is 5.66. The van der Waals surface area contributed by atoms with Crippen molar-refractivity contribution >= 4 is 29.0 Å². The van der Waals surface area contributed by atoms with E-state index in [9.17, 15) is 4.79 Å². The molecule has 0 unspecified atom stereocenters. The van der Waals surface area contributed by atoms with Crippen molar-refractivity contribution in [2.24, 2.45) is 4.99 Å². The molecule has 0 bridgehead atoms. The third-order valence-electron chi connectivity index (χ3n) is 3.75. The predicted octanol–water partition coefficient (Wildman–Crippen LogP) is 2.81.